The molecule has 1 fully saturated rings. The molecule has 30 heavy (non-hydrogen) atoms. The molecule has 2 aromatic rings. The second-order valence-electron chi connectivity index (χ2n) is 6.74. The van der Waals surface area contributed by atoms with Gasteiger partial charge >= 0.3 is 5.51 Å². The van der Waals surface area contributed by atoms with Gasteiger partial charge in [-0.2, -0.15) is 18.2 Å². The van der Waals surface area contributed by atoms with Crippen molar-refractivity contribution in [1.82, 2.24) is 15.0 Å². The molecular weight excluding hydrogens is 431 g/mol. The summed E-state index contributed by atoms with van der Waals surface area (Å²) in [5.74, 6) is 0.939. The van der Waals surface area contributed by atoms with Gasteiger partial charge in [-0.1, -0.05) is 5.16 Å². The van der Waals surface area contributed by atoms with Crippen molar-refractivity contribution in [3.8, 4) is 0 Å². The molecule has 0 bridgehead atoms. The van der Waals surface area contributed by atoms with Crippen LogP contribution >= 0.6 is 0 Å². The molecule has 1 unspecified atom stereocenters. The van der Waals surface area contributed by atoms with E-state index in [-0.39, 0.29) is 11.7 Å². The highest BCUT2D eigenvalue weighted by Crippen LogP contribution is 2.36. The third kappa shape index (κ3) is 4.09. The lowest BCUT2D eigenvalue weighted by atomic mass is 10.2. The number of anilines is 1. The van der Waals surface area contributed by atoms with Crippen LogP contribution in [0.1, 0.15) is 24.7 Å². The van der Waals surface area contributed by atoms with Gasteiger partial charge in [0.05, 0.1) is 15.9 Å². The van der Waals surface area contributed by atoms with Crippen LogP contribution in [0.3, 0.4) is 0 Å². The lowest BCUT2D eigenvalue weighted by molar-refractivity contribution is -0.384. The normalized spacial score (nSPS) is 17.2. The van der Waals surface area contributed by atoms with E-state index in [1.807, 2.05) is 11.8 Å². The van der Waals surface area contributed by atoms with Crippen LogP contribution in [0.25, 0.3) is 0 Å². The summed E-state index contributed by atoms with van der Waals surface area (Å²) in [4.78, 5) is 17.2. The fourth-order valence-corrected chi connectivity index (χ4v) is 3.99. The van der Waals surface area contributed by atoms with Crippen LogP contribution in [0.4, 0.5) is 24.5 Å². The summed E-state index contributed by atoms with van der Waals surface area (Å²) in [6.45, 7) is 5.19. The van der Waals surface area contributed by atoms with E-state index in [2.05, 4.69) is 10.1 Å². The predicted molar refractivity (Wildman–Crippen MR) is 97.6 cm³/mol. The number of alkyl halides is 3. The quantitative estimate of drug-likeness (QED) is 0.500. The molecule has 0 saturated carbocycles. The predicted octanol–water partition coefficient (Wildman–Crippen LogP) is 2.46. The Morgan fingerprint density at radius 2 is 1.87 bits per heavy atom. The number of aryl methyl sites for hydroxylation is 1. The number of rotatable bonds is 5. The molecule has 0 radical (unpaired) electrons. The Labute approximate surface area is 169 Å². The first-order valence-corrected chi connectivity index (χ1v) is 10.3. The number of benzene rings is 1. The molecule has 2 heterocycles. The van der Waals surface area contributed by atoms with E-state index < -0.39 is 30.9 Å². The van der Waals surface area contributed by atoms with Crippen LogP contribution in [0, 0.1) is 17.0 Å². The van der Waals surface area contributed by atoms with E-state index in [1.165, 1.54) is 0 Å². The molecule has 1 aliphatic heterocycles. The van der Waals surface area contributed by atoms with E-state index >= 15 is 0 Å². The summed E-state index contributed by atoms with van der Waals surface area (Å²) in [5.41, 5.74) is -6.19. The molecular formula is C16H18F3N5O5S. The van der Waals surface area contributed by atoms with Crippen molar-refractivity contribution in [3.63, 3.8) is 0 Å². The molecule has 164 valence electrons. The van der Waals surface area contributed by atoms with E-state index in [0.717, 1.165) is 12.1 Å². The number of nitrogens with zero attached hydrogens (tertiary/aromatic N) is 5. The molecule has 3 rings (SSSR count). The van der Waals surface area contributed by atoms with Crippen LogP contribution in [0.2, 0.25) is 0 Å². The Balaban J connectivity index is 1.81. The summed E-state index contributed by atoms with van der Waals surface area (Å²) in [7, 11) is -5.68. The Morgan fingerprint density at radius 1 is 1.23 bits per heavy atom. The van der Waals surface area contributed by atoms with Crippen LogP contribution in [0.5, 0.6) is 0 Å². The van der Waals surface area contributed by atoms with Crippen LogP contribution in [-0.4, -0.2) is 60.1 Å². The third-order valence-corrected chi connectivity index (χ3v) is 6.35. The molecule has 0 aliphatic carbocycles. The van der Waals surface area contributed by atoms with Crippen molar-refractivity contribution in [2.45, 2.75) is 30.3 Å². The van der Waals surface area contributed by atoms with E-state index in [4.69, 9.17) is 4.52 Å². The number of nitro benzene ring substituents is 1. The van der Waals surface area contributed by atoms with Gasteiger partial charge in [-0.05, 0) is 26.0 Å². The maximum absolute atomic E-state index is 12.8. The summed E-state index contributed by atoms with van der Waals surface area (Å²) in [5, 5.41) is 15.2. The molecule has 1 aromatic heterocycles. The average molecular weight is 449 g/mol. The highest BCUT2D eigenvalue weighted by Gasteiger charge is 2.47. The highest BCUT2D eigenvalue weighted by atomic mass is 32.2. The topological polar surface area (TPSA) is 123 Å². The largest absolute Gasteiger partial charge is 0.501 e. The van der Waals surface area contributed by atoms with Gasteiger partial charge in [-0.15, -0.1) is 0 Å². The molecule has 14 heteroatoms. The SMILES string of the molecule is Cc1noc(C(C)N2CCN(c3ccc(S(=O)(=O)C(F)(F)F)cc3[N+](=O)[O-])CC2)n1. The first kappa shape index (κ1) is 22.0. The Kier molecular flexibility index (Phi) is 5.73. The van der Waals surface area contributed by atoms with Crippen molar-refractivity contribution in [1.29, 1.82) is 0 Å². The van der Waals surface area contributed by atoms with Crippen molar-refractivity contribution in [3.05, 3.63) is 40.0 Å². The van der Waals surface area contributed by atoms with Gasteiger partial charge in [0.2, 0.25) is 5.89 Å². The lowest BCUT2D eigenvalue weighted by Gasteiger charge is -2.37. The molecule has 0 amide bonds. The average Bonchev–Trinajstić information content (AvgIpc) is 3.12. The van der Waals surface area contributed by atoms with Gasteiger partial charge in [-0.25, -0.2) is 8.42 Å². The minimum Gasteiger partial charge on any atom is -0.363 e. The molecule has 10 nitrogen and oxygen atoms in total. The third-order valence-electron chi connectivity index (χ3n) is 4.86. The number of piperazine rings is 1. The molecule has 1 saturated heterocycles. The smallest absolute Gasteiger partial charge is 0.363 e. The van der Waals surface area contributed by atoms with Crippen molar-refractivity contribution >= 4 is 21.2 Å². The zero-order valence-electron chi connectivity index (χ0n) is 16.0. The summed E-state index contributed by atoms with van der Waals surface area (Å²) in [6, 6.07) is 2.05. The van der Waals surface area contributed by atoms with Crippen LogP contribution in [0.15, 0.2) is 27.6 Å². The zero-order chi connectivity index (χ0) is 22.3. The van der Waals surface area contributed by atoms with E-state index in [1.54, 1.807) is 11.8 Å². The first-order chi connectivity index (χ1) is 13.9. The number of hydrogen-bond acceptors (Lipinski definition) is 9. The molecule has 1 atom stereocenters. The van der Waals surface area contributed by atoms with E-state index in [9.17, 15) is 31.7 Å². The van der Waals surface area contributed by atoms with Gasteiger partial charge in [-0.3, -0.25) is 15.0 Å². The molecule has 1 aliphatic rings. The lowest BCUT2D eigenvalue weighted by Crippen LogP contribution is -2.47. The second kappa shape index (κ2) is 7.83. The van der Waals surface area contributed by atoms with Gasteiger partial charge in [0.15, 0.2) is 5.82 Å². The Morgan fingerprint density at radius 3 is 2.37 bits per heavy atom. The number of nitro groups is 1. The number of aromatic nitrogens is 2. The van der Waals surface area contributed by atoms with Crippen molar-refractivity contribution in [2.75, 3.05) is 31.1 Å². The summed E-state index contributed by atoms with van der Waals surface area (Å²) >= 11 is 0. The van der Waals surface area contributed by atoms with E-state index in [0.29, 0.717) is 44.0 Å². The minimum absolute atomic E-state index is 0.0575. The van der Waals surface area contributed by atoms with Gasteiger partial charge in [0, 0.05) is 32.2 Å². The maximum atomic E-state index is 12.8. The number of hydrogen-bond donors (Lipinski definition) is 0. The van der Waals surface area contributed by atoms with Gasteiger partial charge in [0.1, 0.15) is 5.69 Å². The maximum Gasteiger partial charge on any atom is 0.501 e. The molecule has 0 spiro atoms. The van der Waals surface area contributed by atoms with Crippen LogP contribution in [-0.2, 0) is 9.84 Å². The Hall–Kier alpha value is -2.74. The number of sulfone groups is 1. The minimum atomic E-state index is -5.68. The van der Waals surface area contributed by atoms with Crippen molar-refractivity contribution < 1.29 is 31.0 Å². The zero-order valence-corrected chi connectivity index (χ0v) is 16.8. The molecule has 1 aromatic carbocycles. The fourth-order valence-electron chi connectivity index (χ4n) is 3.21. The summed E-state index contributed by atoms with van der Waals surface area (Å²) in [6.07, 6.45) is 0. The van der Waals surface area contributed by atoms with Gasteiger partial charge < -0.3 is 9.42 Å². The van der Waals surface area contributed by atoms with Crippen LogP contribution < -0.4 is 4.90 Å². The monoisotopic (exact) mass is 449 g/mol. The number of halogens is 3. The summed E-state index contributed by atoms with van der Waals surface area (Å²) < 4.78 is 66.7. The molecule has 0 N–H and O–H groups in total. The highest BCUT2D eigenvalue weighted by molar-refractivity contribution is 7.92. The Bertz CT molecular complexity index is 1050. The van der Waals surface area contributed by atoms with Gasteiger partial charge in [0.25, 0.3) is 15.5 Å². The van der Waals surface area contributed by atoms with Crippen molar-refractivity contribution in [2.24, 2.45) is 0 Å². The standard InChI is InChI=1S/C16H18F3N5O5S/c1-10(15-20-11(2)21-29-15)22-5-7-23(8-6-22)13-4-3-12(9-14(13)24(25)26)30(27,28)16(17,18)19/h3-4,9-10H,5-8H2,1-2H3. The second-order valence-corrected chi connectivity index (χ2v) is 8.68. The fraction of sp³-hybridized carbons (Fsp3) is 0.500. The first-order valence-electron chi connectivity index (χ1n) is 8.81.